The van der Waals surface area contributed by atoms with Crippen LogP contribution in [0, 0.1) is 5.92 Å². The van der Waals surface area contributed by atoms with E-state index in [1.807, 2.05) is 31.2 Å². The zero-order chi connectivity index (χ0) is 13.7. The number of anilines is 1. The third kappa shape index (κ3) is 3.19. The van der Waals surface area contributed by atoms with E-state index in [0.29, 0.717) is 13.0 Å². The highest BCUT2D eigenvalue weighted by Crippen LogP contribution is 2.20. The molecule has 2 rings (SSSR count). The molecule has 0 aliphatic carbocycles. The van der Waals surface area contributed by atoms with Gasteiger partial charge in [-0.3, -0.25) is 4.79 Å². The lowest BCUT2D eigenvalue weighted by molar-refractivity contribution is -0.141. The molecule has 1 aromatic carbocycles. The largest absolute Gasteiger partial charge is 0.481 e. The number of aromatic nitrogens is 2. The van der Waals surface area contributed by atoms with Gasteiger partial charge in [-0.25, -0.2) is 0 Å². The van der Waals surface area contributed by atoms with E-state index < -0.39 is 5.97 Å². The highest BCUT2D eigenvalue weighted by Gasteiger charge is 2.16. The first-order valence-corrected chi connectivity index (χ1v) is 6.39. The van der Waals surface area contributed by atoms with Gasteiger partial charge in [0.15, 0.2) is 0 Å². The molecule has 0 aliphatic rings. The summed E-state index contributed by atoms with van der Waals surface area (Å²) in [6.45, 7) is 2.39. The summed E-state index contributed by atoms with van der Waals surface area (Å²) in [4.78, 5) is 11.1. The van der Waals surface area contributed by atoms with Crippen molar-refractivity contribution in [3.8, 4) is 0 Å². The fraction of sp³-hybridized carbons (Fsp3) is 0.357. The van der Waals surface area contributed by atoms with E-state index in [1.165, 1.54) is 0 Å². The van der Waals surface area contributed by atoms with Gasteiger partial charge >= 0.3 is 5.97 Å². The molecule has 0 radical (unpaired) electrons. The van der Waals surface area contributed by atoms with E-state index >= 15 is 0 Å². The van der Waals surface area contributed by atoms with Crippen LogP contribution in [0.4, 0.5) is 5.69 Å². The third-order valence-corrected chi connectivity index (χ3v) is 3.07. The van der Waals surface area contributed by atoms with Gasteiger partial charge in [0.2, 0.25) is 0 Å². The number of nitrogens with one attached hydrogen (secondary N) is 1. The van der Waals surface area contributed by atoms with Crippen LogP contribution in [-0.2, 0) is 4.79 Å². The Labute approximate surface area is 111 Å². The first kappa shape index (κ1) is 13.3. The molecule has 0 saturated heterocycles. The highest BCUT2D eigenvalue weighted by atomic mass is 16.4. The molecule has 1 unspecified atom stereocenters. The summed E-state index contributed by atoms with van der Waals surface area (Å²) in [7, 11) is 0. The van der Waals surface area contributed by atoms with Gasteiger partial charge in [-0.2, -0.15) is 10.2 Å². The van der Waals surface area contributed by atoms with Gasteiger partial charge in [0.05, 0.1) is 23.3 Å². The van der Waals surface area contributed by atoms with Crippen LogP contribution < -0.4 is 5.32 Å². The molecule has 2 aromatic rings. The van der Waals surface area contributed by atoms with Gasteiger partial charge in [0.25, 0.3) is 0 Å². The molecule has 19 heavy (non-hydrogen) atoms. The van der Waals surface area contributed by atoms with E-state index in [2.05, 4.69) is 15.5 Å². The number of nitrogens with zero attached hydrogens (tertiary/aromatic N) is 2. The van der Waals surface area contributed by atoms with E-state index in [-0.39, 0.29) is 5.92 Å². The molecule has 1 heterocycles. The van der Waals surface area contributed by atoms with E-state index in [4.69, 9.17) is 5.11 Å². The van der Waals surface area contributed by atoms with Crippen molar-refractivity contribution in [2.24, 2.45) is 5.92 Å². The molecule has 1 aromatic heterocycles. The van der Waals surface area contributed by atoms with Crippen LogP contribution in [0.2, 0.25) is 0 Å². The fourth-order valence-electron chi connectivity index (χ4n) is 2.04. The van der Waals surface area contributed by atoms with Crippen molar-refractivity contribution in [1.29, 1.82) is 0 Å². The van der Waals surface area contributed by atoms with Crippen molar-refractivity contribution in [3.63, 3.8) is 0 Å². The molecule has 100 valence electrons. The standard InChI is InChI=1S/C14H17N3O2/c1-2-5-10(14(18)19)8-15-13-9-16-17-12-7-4-3-6-11(12)13/h3-4,6-7,9-10H,2,5,8H2,1H3,(H,15,17)(H,18,19). The Morgan fingerprint density at radius 1 is 1.42 bits per heavy atom. The lowest BCUT2D eigenvalue weighted by Gasteiger charge is -2.14. The molecular weight excluding hydrogens is 242 g/mol. The summed E-state index contributed by atoms with van der Waals surface area (Å²) in [5, 5.41) is 21.2. The van der Waals surface area contributed by atoms with Crippen molar-refractivity contribution in [2.45, 2.75) is 19.8 Å². The lowest BCUT2D eigenvalue weighted by atomic mass is 10.0. The van der Waals surface area contributed by atoms with Gasteiger partial charge in [-0.15, -0.1) is 0 Å². The SMILES string of the molecule is CCCC(CNc1cnnc2ccccc12)C(=O)O. The second-order valence-corrected chi connectivity index (χ2v) is 4.48. The van der Waals surface area contributed by atoms with Gasteiger partial charge in [0, 0.05) is 11.9 Å². The van der Waals surface area contributed by atoms with Crippen LogP contribution in [0.15, 0.2) is 30.5 Å². The van der Waals surface area contributed by atoms with Gasteiger partial charge in [0.1, 0.15) is 0 Å². The molecular formula is C14H17N3O2. The van der Waals surface area contributed by atoms with Crippen molar-refractivity contribution >= 4 is 22.6 Å². The smallest absolute Gasteiger partial charge is 0.308 e. The Balaban J connectivity index is 2.15. The first-order valence-electron chi connectivity index (χ1n) is 6.39. The van der Waals surface area contributed by atoms with E-state index in [0.717, 1.165) is 23.0 Å². The van der Waals surface area contributed by atoms with Crippen LogP contribution in [-0.4, -0.2) is 27.8 Å². The number of fused-ring (bicyclic) bond motifs is 1. The van der Waals surface area contributed by atoms with Crippen molar-refractivity contribution in [1.82, 2.24) is 10.2 Å². The maximum absolute atomic E-state index is 11.1. The van der Waals surface area contributed by atoms with Crippen LogP contribution in [0.3, 0.4) is 0 Å². The molecule has 5 heteroatoms. The minimum absolute atomic E-state index is 0.378. The maximum Gasteiger partial charge on any atom is 0.308 e. The zero-order valence-electron chi connectivity index (χ0n) is 10.8. The van der Waals surface area contributed by atoms with Crippen molar-refractivity contribution < 1.29 is 9.90 Å². The summed E-state index contributed by atoms with van der Waals surface area (Å²) in [5.41, 5.74) is 1.63. The predicted molar refractivity (Wildman–Crippen MR) is 74.1 cm³/mol. The zero-order valence-corrected chi connectivity index (χ0v) is 10.8. The number of aliphatic carboxylic acids is 1. The Morgan fingerprint density at radius 3 is 2.95 bits per heavy atom. The molecule has 1 atom stereocenters. The van der Waals surface area contributed by atoms with Crippen molar-refractivity contribution in [2.75, 3.05) is 11.9 Å². The van der Waals surface area contributed by atoms with Gasteiger partial charge in [-0.1, -0.05) is 31.5 Å². The summed E-state index contributed by atoms with van der Waals surface area (Å²) in [6, 6.07) is 7.66. The minimum Gasteiger partial charge on any atom is -0.481 e. The summed E-state index contributed by atoms with van der Waals surface area (Å²) in [5.74, 6) is -1.14. The fourth-order valence-corrected chi connectivity index (χ4v) is 2.04. The maximum atomic E-state index is 11.1. The van der Waals surface area contributed by atoms with Crippen LogP contribution in [0.5, 0.6) is 0 Å². The van der Waals surface area contributed by atoms with Crippen LogP contribution in [0.25, 0.3) is 10.9 Å². The molecule has 0 aliphatic heterocycles. The third-order valence-electron chi connectivity index (χ3n) is 3.07. The topological polar surface area (TPSA) is 75.1 Å². The summed E-state index contributed by atoms with van der Waals surface area (Å²) in [6.07, 6.45) is 3.15. The summed E-state index contributed by atoms with van der Waals surface area (Å²) >= 11 is 0. The number of hydrogen-bond donors (Lipinski definition) is 2. The minimum atomic E-state index is -0.763. The average molecular weight is 259 g/mol. The molecule has 0 bridgehead atoms. The Bertz CT molecular complexity index is 566. The van der Waals surface area contributed by atoms with Crippen molar-refractivity contribution in [3.05, 3.63) is 30.5 Å². The Kier molecular flexibility index (Phi) is 4.28. The molecule has 0 fully saturated rings. The average Bonchev–Trinajstić information content (AvgIpc) is 2.43. The number of hydrogen-bond acceptors (Lipinski definition) is 4. The van der Waals surface area contributed by atoms with Crippen LogP contribution >= 0.6 is 0 Å². The number of carbonyl (C=O) groups is 1. The quantitative estimate of drug-likeness (QED) is 0.833. The number of benzene rings is 1. The van der Waals surface area contributed by atoms with Gasteiger partial charge < -0.3 is 10.4 Å². The molecule has 0 saturated carbocycles. The van der Waals surface area contributed by atoms with Gasteiger partial charge in [-0.05, 0) is 12.5 Å². The Hall–Kier alpha value is -2.17. The first-order chi connectivity index (χ1) is 9.22. The molecule has 5 nitrogen and oxygen atoms in total. The monoisotopic (exact) mass is 259 g/mol. The number of rotatable bonds is 6. The molecule has 2 N–H and O–H groups in total. The Morgan fingerprint density at radius 2 is 2.21 bits per heavy atom. The normalized spacial score (nSPS) is 12.3. The second kappa shape index (κ2) is 6.13. The molecule has 0 spiro atoms. The lowest BCUT2D eigenvalue weighted by Crippen LogP contribution is -2.22. The molecule has 0 amide bonds. The van der Waals surface area contributed by atoms with Crippen LogP contribution in [0.1, 0.15) is 19.8 Å². The van der Waals surface area contributed by atoms with E-state index in [1.54, 1.807) is 6.20 Å². The van der Waals surface area contributed by atoms with E-state index in [9.17, 15) is 4.79 Å². The number of carboxylic acid groups (broad SMARTS) is 1. The summed E-state index contributed by atoms with van der Waals surface area (Å²) < 4.78 is 0. The highest BCUT2D eigenvalue weighted by molar-refractivity contribution is 5.90. The second-order valence-electron chi connectivity index (χ2n) is 4.48. The predicted octanol–water partition coefficient (Wildman–Crippen LogP) is 2.54. The number of carboxylic acids is 1.